The van der Waals surface area contributed by atoms with E-state index in [9.17, 15) is 14.3 Å². The number of halogens is 2. The van der Waals surface area contributed by atoms with Crippen molar-refractivity contribution in [2.45, 2.75) is 90.0 Å². The van der Waals surface area contributed by atoms with Crippen LogP contribution < -0.4 is 15.4 Å². The van der Waals surface area contributed by atoms with Crippen molar-refractivity contribution in [1.82, 2.24) is 15.6 Å². The molecule has 1 aromatic carbocycles. The highest BCUT2D eigenvalue weighted by Crippen LogP contribution is 2.48. The lowest BCUT2D eigenvalue weighted by atomic mass is 9.73. The maximum absolute atomic E-state index is 13.9. The lowest BCUT2D eigenvalue weighted by molar-refractivity contribution is -0.120. The number of fused-ring (bicyclic) bond motifs is 1. The van der Waals surface area contributed by atoms with Gasteiger partial charge >= 0.3 is 0 Å². The lowest BCUT2D eigenvalue weighted by Gasteiger charge is -2.48. The zero-order chi connectivity index (χ0) is 26.1. The molecule has 196 valence electrons. The molecule has 3 N–H and O–H groups in total. The Hall–Kier alpha value is -2.22. The molecular weight excluding hydrogens is 481 g/mol. The van der Waals surface area contributed by atoms with Gasteiger partial charge in [0.1, 0.15) is 17.2 Å². The minimum absolute atomic E-state index is 0.00740. The molecule has 6 nitrogen and oxygen atoms in total. The average Bonchev–Trinajstić information content (AvgIpc) is 2.73. The van der Waals surface area contributed by atoms with Crippen LogP contribution in [0.1, 0.15) is 76.2 Å². The Bertz CT molecular complexity index is 1080. The summed E-state index contributed by atoms with van der Waals surface area (Å²) in [6.45, 7) is 8.23. The van der Waals surface area contributed by atoms with Gasteiger partial charge in [0.25, 0.3) is 0 Å². The lowest BCUT2D eigenvalue weighted by Crippen LogP contribution is -2.52. The molecule has 1 saturated carbocycles. The standard InChI is InChI=1S/C28H37ClFN3O3/c1-17(34)33-23(10-18-8-19(29)11-20(30)9-18)25(35)15-32-24-14-28(6-5-7-28)36-26-16-31-21(12-22(24)26)13-27(2,3)4/h8-9,11-12,16,23-25,32,35H,5-7,10,13-15H2,1-4H3,(H,33,34)/t23-,24-,25+/m0/s1. The van der Waals surface area contributed by atoms with E-state index in [1.165, 1.54) is 19.1 Å². The van der Waals surface area contributed by atoms with Crippen molar-refractivity contribution in [3.8, 4) is 5.75 Å². The predicted octanol–water partition coefficient (Wildman–Crippen LogP) is 4.91. The Morgan fingerprint density at radius 3 is 2.67 bits per heavy atom. The molecule has 36 heavy (non-hydrogen) atoms. The van der Waals surface area contributed by atoms with Crippen LogP contribution in [0.5, 0.6) is 5.75 Å². The highest BCUT2D eigenvalue weighted by atomic mass is 35.5. The van der Waals surface area contributed by atoms with Crippen molar-refractivity contribution in [2.24, 2.45) is 5.41 Å². The summed E-state index contributed by atoms with van der Waals surface area (Å²) >= 11 is 6.01. The van der Waals surface area contributed by atoms with Crippen LogP contribution in [-0.4, -0.2) is 40.3 Å². The molecule has 0 unspecified atom stereocenters. The number of carbonyl (C=O) groups is 1. The molecule has 1 spiro atoms. The van der Waals surface area contributed by atoms with Gasteiger partial charge in [0.2, 0.25) is 5.91 Å². The highest BCUT2D eigenvalue weighted by molar-refractivity contribution is 6.30. The van der Waals surface area contributed by atoms with Gasteiger partial charge in [-0.25, -0.2) is 4.39 Å². The average molecular weight is 518 g/mol. The minimum atomic E-state index is -0.893. The van der Waals surface area contributed by atoms with Crippen LogP contribution in [-0.2, 0) is 17.6 Å². The number of aliphatic hydroxyl groups excluding tert-OH is 1. The van der Waals surface area contributed by atoms with Gasteiger partial charge in [-0.1, -0.05) is 32.4 Å². The van der Waals surface area contributed by atoms with Gasteiger partial charge in [-0.05, 0) is 67.3 Å². The van der Waals surface area contributed by atoms with E-state index in [1.807, 2.05) is 6.20 Å². The fraction of sp³-hybridized carbons (Fsp3) is 0.571. The number of hydrogen-bond donors (Lipinski definition) is 3. The summed E-state index contributed by atoms with van der Waals surface area (Å²) in [6, 6.07) is 5.78. The number of ether oxygens (including phenoxy) is 1. The summed E-state index contributed by atoms with van der Waals surface area (Å²) in [7, 11) is 0. The maximum Gasteiger partial charge on any atom is 0.217 e. The Balaban J connectivity index is 1.51. The second-order valence-corrected chi connectivity index (χ2v) is 12.0. The van der Waals surface area contributed by atoms with Gasteiger partial charge in [0.05, 0.1) is 18.3 Å². The molecule has 2 heterocycles. The number of aromatic nitrogens is 1. The molecule has 8 heteroatoms. The highest BCUT2D eigenvalue weighted by Gasteiger charge is 2.46. The summed E-state index contributed by atoms with van der Waals surface area (Å²) in [5.41, 5.74) is 2.61. The molecule has 3 atom stereocenters. The first-order valence-corrected chi connectivity index (χ1v) is 13.1. The van der Waals surface area contributed by atoms with E-state index in [2.05, 4.69) is 42.5 Å². The van der Waals surface area contributed by atoms with Gasteiger partial charge < -0.3 is 20.5 Å². The van der Waals surface area contributed by atoms with E-state index in [4.69, 9.17) is 16.3 Å². The number of amides is 1. The van der Waals surface area contributed by atoms with Gasteiger partial charge in [0.15, 0.2) is 0 Å². The van der Waals surface area contributed by atoms with Gasteiger partial charge in [0, 0.05) is 42.2 Å². The zero-order valence-corrected chi connectivity index (χ0v) is 22.3. The first-order chi connectivity index (χ1) is 16.9. The van der Waals surface area contributed by atoms with Gasteiger partial charge in [-0.15, -0.1) is 0 Å². The number of nitrogens with zero attached hydrogens (tertiary/aromatic N) is 1. The van der Waals surface area contributed by atoms with Gasteiger partial charge in [-0.2, -0.15) is 0 Å². The Kier molecular flexibility index (Phi) is 7.93. The number of aliphatic hydroxyl groups is 1. The molecule has 1 fully saturated rings. The van der Waals surface area contributed by atoms with Crippen LogP contribution in [0.2, 0.25) is 5.02 Å². The Labute approximate surface area is 218 Å². The number of carbonyl (C=O) groups excluding carboxylic acids is 1. The zero-order valence-electron chi connectivity index (χ0n) is 21.5. The largest absolute Gasteiger partial charge is 0.485 e. The summed E-state index contributed by atoms with van der Waals surface area (Å²) in [5, 5.41) is 17.7. The van der Waals surface area contributed by atoms with Crippen molar-refractivity contribution in [3.05, 3.63) is 58.1 Å². The van der Waals surface area contributed by atoms with Crippen LogP contribution in [0.3, 0.4) is 0 Å². The summed E-state index contributed by atoms with van der Waals surface area (Å²) in [4.78, 5) is 16.5. The van der Waals surface area contributed by atoms with E-state index >= 15 is 0 Å². The van der Waals surface area contributed by atoms with Crippen LogP contribution in [0.15, 0.2) is 30.5 Å². The van der Waals surface area contributed by atoms with Crippen LogP contribution in [0.25, 0.3) is 0 Å². The molecular formula is C28H37ClFN3O3. The molecule has 0 saturated heterocycles. The molecule has 2 aromatic rings. The number of hydrogen-bond acceptors (Lipinski definition) is 5. The summed E-state index contributed by atoms with van der Waals surface area (Å²) < 4.78 is 20.3. The van der Waals surface area contributed by atoms with E-state index in [1.54, 1.807) is 6.07 Å². The molecule has 4 rings (SSSR count). The van der Waals surface area contributed by atoms with Crippen molar-refractivity contribution < 1.29 is 19.0 Å². The van der Waals surface area contributed by atoms with E-state index in [-0.39, 0.29) is 41.0 Å². The number of pyridine rings is 1. The molecule has 0 radical (unpaired) electrons. The molecule has 1 aliphatic heterocycles. The van der Waals surface area contributed by atoms with Crippen molar-refractivity contribution >= 4 is 17.5 Å². The summed E-state index contributed by atoms with van der Waals surface area (Å²) in [5.74, 6) is 0.0960. The number of rotatable bonds is 8. The molecule has 1 amide bonds. The number of nitrogens with one attached hydrogen (secondary N) is 2. The quantitative estimate of drug-likeness (QED) is 0.463. The second kappa shape index (κ2) is 10.6. The first-order valence-electron chi connectivity index (χ1n) is 12.7. The van der Waals surface area contributed by atoms with Crippen molar-refractivity contribution in [2.75, 3.05) is 6.54 Å². The molecule has 0 bridgehead atoms. The van der Waals surface area contributed by atoms with Gasteiger partial charge in [-0.3, -0.25) is 9.78 Å². The third-order valence-corrected chi connectivity index (χ3v) is 7.23. The molecule has 1 aromatic heterocycles. The first kappa shape index (κ1) is 26.8. The predicted molar refractivity (Wildman–Crippen MR) is 139 cm³/mol. The number of benzene rings is 1. The van der Waals surface area contributed by atoms with Crippen LogP contribution in [0, 0.1) is 11.2 Å². The van der Waals surface area contributed by atoms with E-state index in [0.717, 1.165) is 49.1 Å². The smallest absolute Gasteiger partial charge is 0.217 e. The van der Waals surface area contributed by atoms with Crippen molar-refractivity contribution in [3.63, 3.8) is 0 Å². The SMILES string of the molecule is CC(=O)N[C@@H](Cc1cc(F)cc(Cl)c1)[C@H](O)CN[C@H]1CC2(CCC2)Oc2cnc(CC(C)(C)C)cc21. The Morgan fingerprint density at radius 2 is 2.06 bits per heavy atom. The van der Waals surface area contributed by atoms with E-state index in [0.29, 0.717) is 5.56 Å². The minimum Gasteiger partial charge on any atom is -0.485 e. The normalized spacial score (nSPS) is 20.1. The Morgan fingerprint density at radius 1 is 1.31 bits per heavy atom. The fourth-order valence-corrected chi connectivity index (χ4v) is 5.49. The third kappa shape index (κ3) is 6.75. The van der Waals surface area contributed by atoms with Crippen LogP contribution in [0.4, 0.5) is 4.39 Å². The van der Waals surface area contributed by atoms with Crippen LogP contribution >= 0.6 is 11.6 Å². The fourth-order valence-electron chi connectivity index (χ4n) is 5.25. The van der Waals surface area contributed by atoms with Crippen molar-refractivity contribution in [1.29, 1.82) is 0 Å². The molecule has 1 aliphatic carbocycles. The topological polar surface area (TPSA) is 83.5 Å². The summed E-state index contributed by atoms with van der Waals surface area (Å²) in [6.07, 6.45) is 6.02. The second-order valence-electron chi connectivity index (χ2n) is 11.6. The third-order valence-electron chi connectivity index (χ3n) is 7.01. The van der Waals surface area contributed by atoms with E-state index < -0.39 is 18.0 Å². The molecule has 2 aliphatic rings. The monoisotopic (exact) mass is 517 g/mol. The maximum atomic E-state index is 13.9.